The molecule has 0 spiro atoms. The summed E-state index contributed by atoms with van der Waals surface area (Å²) in [6.07, 6.45) is 0.786. The molecule has 0 aliphatic carbocycles. The maximum absolute atomic E-state index is 12.5. The molecule has 7 nitrogen and oxygen atoms in total. The van der Waals surface area contributed by atoms with Gasteiger partial charge in [-0.25, -0.2) is 4.79 Å². The summed E-state index contributed by atoms with van der Waals surface area (Å²) in [5.74, 6) is -0.500. The first-order valence-electron chi connectivity index (χ1n) is 6.79. The van der Waals surface area contributed by atoms with Crippen molar-refractivity contribution in [2.24, 2.45) is 5.92 Å². The Bertz CT molecular complexity index is 380. The van der Waals surface area contributed by atoms with Crippen LogP contribution in [0.1, 0.15) is 26.7 Å². The van der Waals surface area contributed by atoms with E-state index >= 15 is 0 Å². The van der Waals surface area contributed by atoms with E-state index in [0.29, 0.717) is 13.0 Å². The number of likely N-dealkylation sites (N-methyl/N-ethyl adjacent to an activating group) is 1. The van der Waals surface area contributed by atoms with Crippen molar-refractivity contribution in [1.82, 2.24) is 15.5 Å². The molecule has 0 radical (unpaired) electrons. The van der Waals surface area contributed by atoms with Gasteiger partial charge in [-0.3, -0.25) is 9.59 Å². The van der Waals surface area contributed by atoms with Gasteiger partial charge in [-0.1, -0.05) is 13.8 Å². The molecule has 2 N–H and O–H groups in total. The standard InChI is InChI=1S/C13H23N3O4/c1-8(2)10(15-13(19)20-4)12(18)16-7-5-6-9(16)11(17)14-3/h8-10H,5-7H2,1-4H3,(H,14,17)(H,15,19)/t9-,10-/m0/s1. The zero-order chi connectivity index (χ0) is 15.3. The molecule has 1 aliphatic heterocycles. The van der Waals surface area contributed by atoms with Gasteiger partial charge >= 0.3 is 6.09 Å². The van der Waals surface area contributed by atoms with E-state index in [-0.39, 0.29) is 17.7 Å². The lowest BCUT2D eigenvalue weighted by atomic mass is 10.0. The number of nitrogens with one attached hydrogen (secondary N) is 2. The van der Waals surface area contributed by atoms with Crippen molar-refractivity contribution < 1.29 is 19.1 Å². The van der Waals surface area contributed by atoms with Gasteiger partial charge in [-0.15, -0.1) is 0 Å². The second-order valence-corrected chi connectivity index (χ2v) is 5.16. The number of likely N-dealkylation sites (tertiary alicyclic amines) is 1. The molecule has 0 saturated carbocycles. The number of hydrogen-bond donors (Lipinski definition) is 2. The van der Waals surface area contributed by atoms with E-state index in [1.165, 1.54) is 7.11 Å². The fraction of sp³-hybridized carbons (Fsp3) is 0.769. The Morgan fingerprint density at radius 1 is 1.30 bits per heavy atom. The topological polar surface area (TPSA) is 87.7 Å². The molecular weight excluding hydrogens is 262 g/mol. The Balaban J connectivity index is 2.83. The Hall–Kier alpha value is -1.79. The summed E-state index contributed by atoms with van der Waals surface area (Å²) in [6.45, 7) is 4.20. The van der Waals surface area contributed by atoms with Gasteiger partial charge in [-0.2, -0.15) is 0 Å². The number of carbonyl (C=O) groups is 3. The van der Waals surface area contributed by atoms with Crippen molar-refractivity contribution in [3.05, 3.63) is 0 Å². The van der Waals surface area contributed by atoms with Gasteiger partial charge < -0.3 is 20.3 Å². The molecule has 114 valence electrons. The average molecular weight is 285 g/mol. The molecule has 3 amide bonds. The Morgan fingerprint density at radius 3 is 2.45 bits per heavy atom. The fourth-order valence-electron chi connectivity index (χ4n) is 2.35. The van der Waals surface area contributed by atoms with E-state index in [4.69, 9.17) is 0 Å². The van der Waals surface area contributed by atoms with Crippen LogP contribution in [0.5, 0.6) is 0 Å². The monoisotopic (exact) mass is 285 g/mol. The van der Waals surface area contributed by atoms with E-state index < -0.39 is 18.2 Å². The predicted molar refractivity (Wildman–Crippen MR) is 73.0 cm³/mol. The third kappa shape index (κ3) is 3.61. The van der Waals surface area contributed by atoms with E-state index in [1.54, 1.807) is 11.9 Å². The van der Waals surface area contributed by atoms with Crippen molar-refractivity contribution in [1.29, 1.82) is 0 Å². The minimum absolute atomic E-state index is 0.0902. The van der Waals surface area contributed by atoms with Crippen LogP contribution in [-0.2, 0) is 14.3 Å². The first-order chi connectivity index (χ1) is 9.42. The minimum atomic E-state index is -0.687. The maximum atomic E-state index is 12.5. The Labute approximate surface area is 119 Å². The number of methoxy groups -OCH3 is 1. The van der Waals surface area contributed by atoms with Gasteiger partial charge in [0, 0.05) is 13.6 Å². The highest BCUT2D eigenvalue weighted by Gasteiger charge is 2.38. The molecule has 1 rings (SSSR count). The molecule has 7 heteroatoms. The molecule has 1 saturated heterocycles. The minimum Gasteiger partial charge on any atom is -0.453 e. The number of amides is 3. The quantitative estimate of drug-likeness (QED) is 0.767. The van der Waals surface area contributed by atoms with Crippen LogP contribution >= 0.6 is 0 Å². The lowest BCUT2D eigenvalue weighted by Crippen LogP contribution is -2.54. The van der Waals surface area contributed by atoms with Crippen LogP contribution in [0.15, 0.2) is 0 Å². The lowest BCUT2D eigenvalue weighted by molar-refractivity contribution is -0.140. The summed E-state index contributed by atoms with van der Waals surface area (Å²) in [4.78, 5) is 37.2. The smallest absolute Gasteiger partial charge is 0.407 e. The normalized spacial score (nSPS) is 19.6. The van der Waals surface area contributed by atoms with E-state index in [0.717, 1.165) is 6.42 Å². The first kappa shape index (κ1) is 16.3. The Morgan fingerprint density at radius 2 is 1.95 bits per heavy atom. The van der Waals surface area contributed by atoms with Gasteiger partial charge in [0.1, 0.15) is 12.1 Å². The van der Waals surface area contributed by atoms with Crippen molar-refractivity contribution in [3.63, 3.8) is 0 Å². The van der Waals surface area contributed by atoms with Crippen molar-refractivity contribution in [2.75, 3.05) is 20.7 Å². The second-order valence-electron chi connectivity index (χ2n) is 5.16. The molecule has 1 aliphatic rings. The summed E-state index contributed by atoms with van der Waals surface area (Å²) in [5, 5.41) is 5.10. The van der Waals surface area contributed by atoms with Crippen LogP contribution in [-0.4, -0.2) is 55.6 Å². The molecule has 2 atom stereocenters. The van der Waals surface area contributed by atoms with E-state index in [9.17, 15) is 14.4 Å². The lowest BCUT2D eigenvalue weighted by Gasteiger charge is -2.29. The average Bonchev–Trinajstić information content (AvgIpc) is 2.91. The SMILES string of the molecule is CNC(=O)[C@@H]1CCCN1C(=O)[C@@H](NC(=O)OC)C(C)C. The second kappa shape index (κ2) is 7.12. The number of hydrogen-bond acceptors (Lipinski definition) is 4. The van der Waals surface area contributed by atoms with Gasteiger partial charge in [0.25, 0.3) is 0 Å². The molecule has 0 aromatic carbocycles. The molecule has 0 aromatic rings. The third-order valence-corrected chi connectivity index (χ3v) is 3.48. The molecule has 1 fully saturated rings. The van der Waals surface area contributed by atoms with Gasteiger partial charge in [-0.05, 0) is 18.8 Å². The van der Waals surface area contributed by atoms with Gasteiger partial charge in [0.2, 0.25) is 11.8 Å². The summed E-state index contributed by atoms with van der Waals surface area (Å²) < 4.78 is 4.54. The van der Waals surface area contributed by atoms with Crippen molar-refractivity contribution in [3.8, 4) is 0 Å². The molecule has 0 aromatic heterocycles. The summed E-state index contributed by atoms with van der Waals surface area (Å²) in [7, 11) is 2.80. The maximum Gasteiger partial charge on any atom is 0.407 e. The number of rotatable bonds is 4. The fourth-order valence-corrected chi connectivity index (χ4v) is 2.35. The van der Waals surface area contributed by atoms with Crippen LogP contribution in [0.3, 0.4) is 0 Å². The van der Waals surface area contributed by atoms with Crippen molar-refractivity contribution in [2.45, 2.75) is 38.8 Å². The van der Waals surface area contributed by atoms with Crippen LogP contribution in [0.25, 0.3) is 0 Å². The molecule has 1 heterocycles. The summed E-state index contributed by atoms with van der Waals surface area (Å²) in [6, 6.07) is -1.14. The summed E-state index contributed by atoms with van der Waals surface area (Å²) in [5.41, 5.74) is 0. The number of nitrogens with zero attached hydrogens (tertiary/aromatic N) is 1. The number of alkyl carbamates (subject to hydrolysis) is 1. The summed E-state index contributed by atoms with van der Waals surface area (Å²) >= 11 is 0. The van der Waals surface area contributed by atoms with E-state index in [1.807, 2.05) is 13.8 Å². The molecule has 20 heavy (non-hydrogen) atoms. The third-order valence-electron chi connectivity index (χ3n) is 3.48. The largest absolute Gasteiger partial charge is 0.453 e. The van der Waals surface area contributed by atoms with Crippen molar-refractivity contribution >= 4 is 17.9 Å². The highest BCUT2D eigenvalue weighted by molar-refractivity contribution is 5.91. The van der Waals surface area contributed by atoms with Crippen LogP contribution in [0.2, 0.25) is 0 Å². The highest BCUT2D eigenvalue weighted by Crippen LogP contribution is 2.20. The zero-order valence-electron chi connectivity index (χ0n) is 12.4. The first-order valence-corrected chi connectivity index (χ1v) is 6.79. The van der Waals surface area contributed by atoms with Crippen LogP contribution in [0, 0.1) is 5.92 Å². The predicted octanol–water partition coefficient (Wildman–Crippen LogP) is 0.104. The zero-order valence-corrected chi connectivity index (χ0v) is 12.4. The molecular formula is C13H23N3O4. The van der Waals surface area contributed by atoms with E-state index in [2.05, 4.69) is 15.4 Å². The number of carbonyl (C=O) groups excluding carboxylic acids is 3. The molecule has 0 bridgehead atoms. The Kier molecular flexibility index (Phi) is 5.79. The van der Waals surface area contributed by atoms with Crippen LogP contribution < -0.4 is 10.6 Å². The highest BCUT2D eigenvalue weighted by atomic mass is 16.5. The van der Waals surface area contributed by atoms with Gasteiger partial charge in [0.15, 0.2) is 0 Å². The number of ether oxygens (including phenoxy) is 1. The molecule has 0 unspecified atom stereocenters. The van der Waals surface area contributed by atoms with Crippen LogP contribution in [0.4, 0.5) is 4.79 Å². The van der Waals surface area contributed by atoms with Gasteiger partial charge in [0.05, 0.1) is 7.11 Å².